The van der Waals surface area contributed by atoms with Gasteiger partial charge in [-0.05, 0) is 28.1 Å². The molecule has 114 valence electrons. The van der Waals surface area contributed by atoms with Gasteiger partial charge in [-0.1, -0.05) is 20.8 Å². The van der Waals surface area contributed by atoms with Gasteiger partial charge in [-0.2, -0.15) is 0 Å². The van der Waals surface area contributed by atoms with Gasteiger partial charge in [-0.15, -0.1) is 0 Å². The van der Waals surface area contributed by atoms with E-state index in [0.717, 1.165) is 7.11 Å². The number of nitro groups is 1. The summed E-state index contributed by atoms with van der Waals surface area (Å²) in [6.07, 6.45) is 0. The largest absolute Gasteiger partial charge is 0.465 e. The Bertz CT molecular complexity index is 607. The summed E-state index contributed by atoms with van der Waals surface area (Å²) >= 11 is 3.02. The summed E-state index contributed by atoms with van der Waals surface area (Å²) in [7, 11) is 1.11. The molecule has 0 heterocycles. The third-order valence-corrected chi connectivity index (χ3v) is 3.27. The van der Waals surface area contributed by atoms with Gasteiger partial charge in [0.15, 0.2) is 5.56 Å². The number of anilines is 1. The van der Waals surface area contributed by atoms with Crippen molar-refractivity contribution in [2.24, 2.45) is 5.41 Å². The third-order valence-electron chi connectivity index (χ3n) is 2.63. The van der Waals surface area contributed by atoms with Crippen LogP contribution in [0.1, 0.15) is 31.1 Å². The summed E-state index contributed by atoms with van der Waals surface area (Å²) in [6, 6.07) is 2.80. The van der Waals surface area contributed by atoms with E-state index in [0.29, 0.717) is 0 Å². The lowest BCUT2D eigenvalue weighted by Gasteiger charge is -2.19. The van der Waals surface area contributed by atoms with Gasteiger partial charge in [-0.3, -0.25) is 14.9 Å². The first-order valence-corrected chi connectivity index (χ1v) is 6.75. The van der Waals surface area contributed by atoms with Crippen LogP contribution in [0.5, 0.6) is 0 Å². The average Bonchev–Trinajstić information content (AvgIpc) is 2.37. The number of carbonyl (C=O) groups is 2. The summed E-state index contributed by atoms with van der Waals surface area (Å²) in [6.45, 7) is 5.06. The van der Waals surface area contributed by atoms with Crippen molar-refractivity contribution in [3.63, 3.8) is 0 Å². The summed E-state index contributed by atoms with van der Waals surface area (Å²) < 4.78 is 4.70. The highest BCUT2D eigenvalue weighted by atomic mass is 79.9. The van der Waals surface area contributed by atoms with E-state index in [-0.39, 0.29) is 21.6 Å². The first-order valence-electron chi connectivity index (χ1n) is 5.96. The number of ether oxygens (including phenoxy) is 1. The van der Waals surface area contributed by atoms with Crippen molar-refractivity contribution in [1.82, 2.24) is 0 Å². The van der Waals surface area contributed by atoms with E-state index in [4.69, 9.17) is 0 Å². The lowest BCUT2D eigenvalue weighted by molar-refractivity contribution is -0.386. The maximum absolute atomic E-state index is 12.0. The number of nitro benzene ring substituents is 1. The molecule has 1 N–H and O–H groups in total. The van der Waals surface area contributed by atoms with Crippen LogP contribution < -0.4 is 5.32 Å². The quantitative estimate of drug-likeness (QED) is 0.508. The Morgan fingerprint density at radius 3 is 2.33 bits per heavy atom. The number of rotatable bonds is 3. The Kier molecular flexibility index (Phi) is 5.06. The number of hydrogen-bond donors (Lipinski definition) is 1. The number of esters is 1. The van der Waals surface area contributed by atoms with Gasteiger partial charge in [-0.25, -0.2) is 4.79 Å². The minimum atomic E-state index is -0.896. The number of benzene rings is 1. The van der Waals surface area contributed by atoms with E-state index >= 15 is 0 Å². The average molecular weight is 359 g/mol. The first-order chi connectivity index (χ1) is 9.59. The van der Waals surface area contributed by atoms with Gasteiger partial charge in [0.2, 0.25) is 5.91 Å². The third kappa shape index (κ3) is 3.78. The molecule has 0 spiro atoms. The highest BCUT2D eigenvalue weighted by molar-refractivity contribution is 9.10. The molecular formula is C13H15BrN2O5. The molecule has 0 aliphatic carbocycles. The highest BCUT2D eigenvalue weighted by Crippen LogP contribution is 2.35. The SMILES string of the molecule is COC(=O)c1c(NC(=O)C(C)(C)C)ccc(Br)c1[N+](=O)[O-]. The summed E-state index contributed by atoms with van der Waals surface area (Å²) in [4.78, 5) is 34.3. The number of carbonyl (C=O) groups excluding carboxylic acids is 2. The second-order valence-electron chi connectivity index (χ2n) is 5.27. The molecule has 0 saturated heterocycles. The lowest BCUT2D eigenvalue weighted by atomic mass is 9.95. The molecule has 1 amide bonds. The van der Waals surface area contributed by atoms with E-state index in [1.165, 1.54) is 12.1 Å². The molecule has 0 bridgehead atoms. The number of nitrogens with zero attached hydrogens (tertiary/aromatic N) is 1. The molecule has 0 radical (unpaired) electrons. The van der Waals surface area contributed by atoms with Gasteiger partial charge >= 0.3 is 5.97 Å². The van der Waals surface area contributed by atoms with Crippen molar-refractivity contribution in [3.05, 3.63) is 32.3 Å². The Labute approximate surface area is 129 Å². The Hall–Kier alpha value is -1.96. The van der Waals surface area contributed by atoms with Gasteiger partial charge in [0.05, 0.1) is 22.2 Å². The standard InChI is InChI=1S/C13H15BrN2O5/c1-13(2,3)12(18)15-8-6-5-7(14)10(16(19)20)9(8)11(17)21-4/h5-6H,1-4H3,(H,15,18). The van der Waals surface area contributed by atoms with Crippen LogP contribution >= 0.6 is 15.9 Å². The molecule has 1 aromatic rings. The molecule has 1 aromatic carbocycles. The summed E-state index contributed by atoms with van der Waals surface area (Å²) in [5, 5.41) is 13.7. The zero-order valence-electron chi connectivity index (χ0n) is 12.0. The Morgan fingerprint density at radius 2 is 1.90 bits per heavy atom. The minimum absolute atomic E-state index is 0.0386. The van der Waals surface area contributed by atoms with E-state index in [1.54, 1.807) is 20.8 Å². The zero-order chi connectivity index (χ0) is 16.4. The van der Waals surface area contributed by atoms with Gasteiger partial charge in [0.1, 0.15) is 0 Å². The second kappa shape index (κ2) is 6.21. The smallest absolute Gasteiger partial charge is 0.347 e. The van der Waals surface area contributed by atoms with Crippen LogP contribution in [0.3, 0.4) is 0 Å². The van der Waals surface area contributed by atoms with Crippen molar-refractivity contribution >= 4 is 39.2 Å². The molecule has 0 aromatic heterocycles. The number of amides is 1. The molecule has 1 rings (SSSR count). The van der Waals surface area contributed by atoms with Gasteiger partial charge in [0.25, 0.3) is 5.69 Å². The number of methoxy groups -OCH3 is 1. The van der Waals surface area contributed by atoms with Gasteiger partial charge < -0.3 is 10.1 Å². The molecule has 0 aliphatic heterocycles. The molecule has 0 aliphatic rings. The topological polar surface area (TPSA) is 98.5 Å². The fourth-order valence-corrected chi connectivity index (χ4v) is 1.94. The molecule has 0 unspecified atom stereocenters. The normalized spacial score (nSPS) is 10.9. The van der Waals surface area contributed by atoms with Gasteiger partial charge in [0, 0.05) is 5.41 Å². The lowest BCUT2D eigenvalue weighted by Crippen LogP contribution is -2.28. The Morgan fingerprint density at radius 1 is 1.33 bits per heavy atom. The van der Waals surface area contributed by atoms with Crippen LogP contribution in [0.4, 0.5) is 11.4 Å². The molecular weight excluding hydrogens is 344 g/mol. The molecule has 0 atom stereocenters. The molecule has 0 saturated carbocycles. The maximum Gasteiger partial charge on any atom is 0.347 e. The monoisotopic (exact) mass is 358 g/mol. The van der Waals surface area contributed by atoms with Crippen molar-refractivity contribution in [3.8, 4) is 0 Å². The molecule has 0 fully saturated rings. The van der Waals surface area contributed by atoms with Crippen LogP contribution in [0.25, 0.3) is 0 Å². The highest BCUT2D eigenvalue weighted by Gasteiger charge is 2.30. The van der Waals surface area contributed by atoms with Crippen LogP contribution in [-0.4, -0.2) is 23.9 Å². The van der Waals surface area contributed by atoms with Crippen molar-refractivity contribution in [2.75, 3.05) is 12.4 Å². The fourth-order valence-electron chi connectivity index (χ4n) is 1.47. The van der Waals surface area contributed by atoms with E-state index in [9.17, 15) is 19.7 Å². The number of halogens is 1. The van der Waals surface area contributed by atoms with E-state index < -0.39 is 22.0 Å². The van der Waals surface area contributed by atoms with Crippen molar-refractivity contribution in [1.29, 1.82) is 0 Å². The second-order valence-corrected chi connectivity index (χ2v) is 6.13. The predicted octanol–water partition coefficient (Wildman–Crippen LogP) is 3.13. The molecule has 7 nitrogen and oxygen atoms in total. The fraction of sp³-hybridized carbons (Fsp3) is 0.385. The maximum atomic E-state index is 12.0. The van der Waals surface area contributed by atoms with E-state index in [2.05, 4.69) is 26.0 Å². The zero-order valence-corrected chi connectivity index (χ0v) is 13.6. The van der Waals surface area contributed by atoms with Crippen LogP contribution in [0.15, 0.2) is 16.6 Å². The molecule has 21 heavy (non-hydrogen) atoms. The van der Waals surface area contributed by atoms with Crippen LogP contribution in [0, 0.1) is 15.5 Å². The Balaban J connectivity index is 3.46. The summed E-state index contributed by atoms with van der Waals surface area (Å²) in [5.74, 6) is -1.27. The summed E-state index contributed by atoms with van der Waals surface area (Å²) in [5.41, 5.74) is -1.42. The first kappa shape index (κ1) is 17.1. The van der Waals surface area contributed by atoms with Crippen LogP contribution in [-0.2, 0) is 9.53 Å². The number of nitrogens with one attached hydrogen (secondary N) is 1. The van der Waals surface area contributed by atoms with Crippen molar-refractivity contribution in [2.45, 2.75) is 20.8 Å². The van der Waals surface area contributed by atoms with E-state index in [1.807, 2.05) is 0 Å². The predicted molar refractivity (Wildman–Crippen MR) is 80.2 cm³/mol. The van der Waals surface area contributed by atoms with Crippen molar-refractivity contribution < 1.29 is 19.2 Å². The number of hydrogen-bond acceptors (Lipinski definition) is 5. The van der Waals surface area contributed by atoms with Crippen LogP contribution in [0.2, 0.25) is 0 Å². The minimum Gasteiger partial charge on any atom is -0.465 e. The molecule has 8 heteroatoms.